The first-order valence-corrected chi connectivity index (χ1v) is 9.36. The molecule has 0 radical (unpaired) electrons. The van der Waals surface area contributed by atoms with Crippen LogP contribution >= 0.6 is 0 Å². The molecule has 1 saturated heterocycles. The second kappa shape index (κ2) is 10.2. The SMILES string of the molecule is C=C(CO)C(=O)OC1CCC(C2OCC(CCCCC)CO2)CC1. The number of unbranched alkanes of at least 4 members (excludes halogenated alkanes) is 2. The first-order valence-electron chi connectivity index (χ1n) is 9.36. The lowest BCUT2D eigenvalue weighted by Gasteiger charge is -2.37. The highest BCUT2D eigenvalue weighted by Crippen LogP contribution is 2.33. The third-order valence-corrected chi connectivity index (χ3v) is 5.07. The minimum absolute atomic E-state index is 0.0811. The maximum Gasteiger partial charge on any atom is 0.336 e. The Morgan fingerprint density at radius 2 is 1.83 bits per heavy atom. The molecule has 0 aromatic rings. The van der Waals surface area contributed by atoms with Gasteiger partial charge in [-0.3, -0.25) is 0 Å². The lowest BCUT2D eigenvalue weighted by atomic mass is 9.86. The van der Waals surface area contributed by atoms with Crippen LogP contribution in [0.3, 0.4) is 0 Å². The summed E-state index contributed by atoms with van der Waals surface area (Å²) < 4.78 is 17.3. The zero-order chi connectivity index (χ0) is 17.4. The Bertz CT molecular complexity index is 393. The van der Waals surface area contributed by atoms with Gasteiger partial charge in [-0.25, -0.2) is 4.79 Å². The zero-order valence-corrected chi connectivity index (χ0v) is 14.9. The molecular weight excluding hydrogens is 308 g/mol. The van der Waals surface area contributed by atoms with Gasteiger partial charge in [-0.1, -0.05) is 32.8 Å². The molecule has 2 rings (SSSR count). The van der Waals surface area contributed by atoms with Crippen molar-refractivity contribution in [1.82, 2.24) is 0 Å². The van der Waals surface area contributed by atoms with Gasteiger partial charge in [-0.05, 0) is 32.1 Å². The highest BCUT2D eigenvalue weighted by molar-refractivity contribution is 5.88. The Labute approximate surface area is 145 Å². The Kier molecular flexibility index (Phi) is 8.22. The van der Waals surface area contributed by atoms with Gasteiger partial charge in [0.1, 0.15) is 6.10 Å². The van der Waals surface area contributed by atoms with Crippen LogP contribution in [0.1, 0.15) is 58.3 Å². The molecule has 5 heteroatoms. The Hall–Kier alpha value is -0.910. The second-order valence-corrected chi connectivity index (χ2v) is 7.10. The van der Waals surface area contributed by atoms with Crippen LogP contribution in [-0.4, -0.2) is 43.3 Å². The summed E-state index contributed by atoms with van der Waals surface area (Å²) in [6.07, 6.45) is 8.31. The van der Waals surface area contributed by atoms with E-state index in [9.17, 15) is 4.79 Å². The third-order valence-electron chi connectivity index (χ3n) is 5.07. The Balaban J connectivity index is 1.64. The maximum atomic E-state index is 11.6. The van der Waals surface area contributed by atoms with Crippen LogP contribution < -0.4 is 0 Å². The van der Waals surface area contributed by atoms with Crippen molar-refractivity contribution in [3.8, 4) is 0 Å². The van der Waals surface area contributed by atoms with Gasteiger partial charge in [0.25, 0.3) is 0 Å². The molecule has 1 N–H and O–H groups in total. The van der Waals surface area contributed by atoms with Gasteiger partial charge in [-0.15, -0.1) is 0 Å². The van der Waals surface area contributed by atoms with E-state index in [0.717, 1.165) is 38.9 Å². The Morgan fingerprint density at radius 3 is 2.42 bits per heavy atom. The lowest BCUT2D eigenvalue weighted by molar-refractivity contribution is -0.231. The fourth-order valence-electron chi connectivity index (χ4n) is 3.46. The van der Waals surface area contributed by atoms with Crippen molar-refractivity contribution in [2.75, 3.05) is 19.8 Å². The normalized spacial score (nSPS) is 30.8. The predicted molar refractivity (Wildman–Crippen MR) is 91.4 cm³/mol. The van der Waals surface area contributed by atoms with E-state index in [1.807, 2.05) is 0 Å². The molecule has 2 aliphatic rings. The molecular formula is C19H32O5. The molecule has 1 heterocycles. The van der Waals surface area contributed by atoms with Crippen molar-refractivity contribution >= 4 is 5.97 Å². The molecule has 138 valence electrons. The monoisotopic (exact) mass is 340 g/mol. The quantitative estimate of drug-likeness (QED) is 0.417. The second-order valence-electron chi connectivity index (χ2n) is 7.10. The molecule has 2 fully saturated rings. The van der Waals surface area contributed by atoms with Crippen molar-refractivity contribution in [1.29, 1.82) is 0 Å². The summed E-state index contributed by atoms with van der Waals surface area (Å²) in [6, 6.07) is 0. The first kappa shape index (κ1) is 19.4. The topological polar surface area (TPSA) is 65.0 Å². The van der Waals surface area contributed by atoms with Gasteiger partial charge < -0.3 is 19.3 Å². The number of hydrogen-bond donors (Lipinski definition) is 1. The van der Waals surface area contributed by atoms with Gasteiger partial charge in [-0.2, -0.15) is 0 Å². The number of esters is 1. The van der Waals surface area contributed by atoms with Crippen LogP contribution in [0.2, 0.25) is 0 Å². The summed E-state index contributed by atoms with van der Waals surface area (Å²) >= 11 is 0. The van der Waals surface area contributed by atoms with E-state index in [-0.39, 0.29) is 24.6 Å². The van der Waals surface area contributed by atoms with Crippen LogP contribution in [0, 0.1) is 11.8 Å². The number of ether oxygens (including phenoxy) is 3. The highest BCUT2D eigenvalue weighted by atomic mass is 16.7. The molecule has 24 heavy (non-hydrogen) atoms. The van der Waals surface area contributed by atoms with Crippen LogP contribution in [-0.2, 0) is 19.0 Å². The summed E-state index contributed by atoms with van der Waals surface area (Å²) in [5.74, 6) is 0.438. The lowest BCUT2D eigenvalue weighted by Crippen LogP contribution is -2.39. The molecule has 0 aromatic carbocycles. The number of aliphatic hydroxyl groups is 1. The van der Waals surface area contributed by atoms with Gasteiger partial charge in [0.15, 0.2) is 6.29 Å². The minimum Gasteiger partial charge on any atom is -0.459 e. The van der Waals surface area contributed by atoms with Crippen LogP contribution in [0.15, 0.2) is 12.2 Å². The van der Waals surface area contributed by atoms with E-state index < -0.39 is 5.97 Å². The van der Waals surface area contributed by atoms with Crippen LogP contribution in [0.25, 0.3) is 0 Å². The van der Waals surface area contributed by atoms with Crippen LogP contribution in [0.4, 0.5) is 0 Å². The average Bonchev–Trinajstić information content (AvgIpc) is 2.62. The molecule has 0 unspecified atom stereocenters. The fraction of sp³-hybridized carbons (Fsp3) is 0.842. The summed E-state index contributed by atoms with van der Waals surface area (Å²) in [5, 5.41) is 8.90. The smallest absolute Gasteiger partial charge is 0.336 e. The summed E-state index contributed by atoms with van der Waals surface area (Å²) in [5.41, 5.74) is 0.116. The molecule has 0 amide bonds. The number of rotatable bonds is 8. The van der Waals surface area contributed by atoms with Gasteiger partial charge >= 0.3 is 5.97 Å². The zero-order valence-electron chi connectivity index (χ0n) is 14.9. The van der Waals surface area contributed by atoms with E-state index in [4.69, 9.17) is 19.3 Å². The van der Waals surface area contributed by atoms with Crippen molar-refractivity contribution in [2.45, 2.75) is 70.7 Å². The largest absolute Gasteiger partial charge is 0.459 e. The first-order chi connectivity index (χ1) is 11.6. The van der Waals surface area contributed by atoms with Crippen LogP contribution in [0.5, 0.6) is 0 Å². The Morgan fingerprint density at radius 1 is 1.17 bits per heavy atom. The van der Waals surface area contributed by atoms with Gasteiger partial charge in [0.05, 0.1) is 25.4 Å². The highest BCUT2D eigenvalue weighted by Gasteiger charge is 2.33. The molecule has 1 saturated carbocycles. The van der Waals surface area contributed by atoms with Crippen molar-refractivity contribution in [2.24, 2.45) is 11.8 Å². The summed E-state index contributed by atoms with van der Waals surface area (Å²) in [7, 11) is 0. The molecule has 0 atom stereocenters. The van der Waals surface area contributed by atoms with Crippen molar-refractivity contribution in [3.63, 3.8) is 0 Å². The van der Waals surface area contributed by atoms with Crippen molar-refractivity contribution < 1.29 is 24.1 Å². The van der Waals surface area contributed by atoms with Gasteiger partial charge in [0.2, 0.25) is 0 Å². The molecule has 1 aliphatic carbocycles. The van der Waals surface area contributed by atoms with E-state index >= 15 is 0 Å². The van der Waals surface area contributed by atoms with E-state index in [2.05, 4.69) is 13.5 Å². The number of hydrogen-bond acceptors (Lipinski definition) is 5. The van der Waals surface area contributed by atoms with E-state index in [1.165, 1.54) is 25.7 Å². The molecule has 0 spiro atoms. The number of carbonyl (C=O) groups excluding carboxylic acids is 1. The molecule has 0 aromatic heterocycles. The van der Waals surface area contributed by atoms with Crippen molar-refractivity contribution in [3.05, 3.63) is 12.2 Å². The third kappa shape index (κ3) is 5.87. The standard InChI is InChI=1S/C19H32O5/c1-3-4-5-6-15-12-22-19(23-13-15)16-7-9-17(10-8-16)24-18(21)14(2)11-20/h15-17,19-20H,2-13H2,1H3. The summed E-state index contributed by atoms with van der Waals surface area (Å²) in [6.45, 7) is 6.98. The maximum absolute atomic E-state index is 11.6. The minimum atomic E-state index is -0.485. The molecule has 0 bridgehead atoms. The van der Waals surface area contributed by atoms with E-state index in [1.54, 1.807) is 0 Å². The summed E-state index contributed by atoms with van der Waals surface area (Å²) in [4.78, 5) is 11.6. The van der Waals surface area contributed by atoms with Gasteiger partial charge in [0, 0.05) is 11.8 Å². The molecule has 5 nitrogen and oxygen atoms in total. The average molecular weight is 340 g/mol. The molecule has 1 aliphatic heterocycles. The van der Waals surface area contributed by atoms with E-state index in [0.29, 0.717) is 11.8 Å². The number of aliphatic hydroxyl groups excluding tert-OH is 1. The fourth-order valence-corrected chi connectivity index (χ4v) is 3.46. The predicted octanol–water partition coefficient (Wildman–Crippen LogP) is 3.21. The number of carbonyl (C=O) groups is 1.